The number of hydrogen-bond donors (Lipinski definition) is 3. The van der Waals surface area contributed by atoms with Crippen LogP contribution in [0.5, 0.6) is 0 Å². The van der Waals surface area contributed by atoms with Crippen LogP contribution in [0, 0.1) is 0 Å². The molecule has 0 bridgehead atoms. The molecule has 23 heavy (non-hydrogen) atoms. The lowest BCUT2D eigenvalue weighted by Gasteiger charge is -2.09. The summed E-state index contributed by atoms with van der Waals surface area (Å²) in [5.41, 5.74) is 7.56. The highest BCUT2D eigenvalue weighted by molar-refractivity contribution is 6.31. The number of nitrogens with zero attached hydrogens (tertiary/aromatic N) is 2. The normalized spacial score (nSPS) is 10.5. The number of nitrogens with one attached hydrogen (secondary N) is 2. The second-order valence-corrected chi connectivity index (χ2v) is 5.36. The van der Waals surface area contributed by atoms with E-state index in [0.717, 1.165) is 22.3 Å². The fraction of sp³-hybridized carbons (Fsp3) is 0.0625. The highest BCUT2D eigenvalue weighted by Crippen LogP contribution is 2.23. The predicted molar refractivity (Wildman–Crippen MR) is 91.5 cm³/mol. The van der Waals surface area contributed by atoms with Crippen LogP contribution >= 0.6 is 11.6 Å². The van der Waals surface area contributed by atoms with Crippen LogP contribution < -0.4 is 16.4 Å². The zero-order valence-corrected chi connectivity index (χ0v) is 12.8. The molecule has 2 amide bonds. The second-order valence-electron chi connectivity index (χ2n) is 4.92. The van der Waals surface area contributed by atoms with E-state index in [1.54, 1.807) is 18.2 Å². The number of carbonyl (C=O) groups excluding carboxylic acids is 1. The van der Waals surface area contributed by atoms with Crippen molar-refractivity contribution in [1.82, 2.24) is 9.97 Å². The molecule has 0 atom stereocenters. The number of amides is 2. The molecule has 1 heterocycles. The summed E-state index contributed by atoms with van der Waals surface area (Å²) in [6.45, 7) is 0.589. The van der Waals surface area contributed by atoms with E-state index in [1.807, 2.05) is 24.3 Å². The highest BCUT2D eigenvalue weighted by Gasteiger charge is 2.04. The molecule has 0 spiro atoms. The number of primary amides is 1. The third-order valence-electron chi connectivity index (χ3n) is 3.28. The Kier molecular flexibility index (Phi) is 4.25. The summed E-state index contributed by atoms with van der Waals surface area (Å²) in [5.74, 6) is 0.742. The largest absolute Gasteiger partial charge is 0.365 e. The van der Waals surface area contributed by atoms with Crippen molar-refractivity contribution in [2.45, 2.75) is 6.54 Å². The van der Waals surface area contributed by atoms with Gasteiger partial charge in [-0.3, -0.25) is 0 Å². The van der Waals surface area contributed by atoms with Gasteiger partial charge in [0.2, 0.25) is 0 Å². The molecular formula is C16H14ClN5O. The first-order chi connectivity index (χ1) is 11.1. The van der Waals surface area contributed by atoms with E-state index in [9.17, 15) is 4.79 Å². The van der Waals surface area contributed by atoms with Gasteiger partial charge in [-0.1, -0.05) is 23.7 Å². The Bertz CT molecular complexity index is 851. The van der Waals surface area contributed by atoms with Gasteiger partial charge in [-0.05, 0) is 35.9 Å². The zero-order valence-electron chi connectivity index (χ0n) is 12.1. The lowest BCUT2D eigenvalue weighted by molar-refractivity contribution is 0.259. The average Bonchev–Trinajstić information content (AvgIpc) is 2.53. The van der Waals surface area contributed by atoms with Gasteiger partial charge in [0.1, 0.15) is 12.1 Å². The van der Waals surface area contributed by atoms with E-state index < -0.39 is 6.03 Å². The highest BCUT2D eigenvalue weighted by atomic mass is 35.5. The molecule has 6 nitrogen and oxygen atoms in total. The van der Waals surface area contributed by atoms with Crippen LogP contribution in [0.15, 0.2) is 48.8 Å². The number of benzene rings is 2. The summed E-state index contributed by atoms with van der Waals surface area (Å²) in [6, 6.07) is 12.3. The molecule has 3 rings (SSSR count). The molecule has 3 aromatic rings. The van der Waals surface area contributed by atoms with E-state index in [2.05, 4.69) is 20.6 Å². The topological polar surface area (TPSA) is 92.9 Å². The van der Waals surface area contributed by atoms with Gasteiger partial charge in [0, 0.05) is 22.6 Å². The molecule has 0 fully saturated rings. The first-order valence-corrected chi connectivity index (χ1v) is 7.29. The number of halogens is 1. The third kappa shape index (κ3) is 3.67. The molecule has 0 saturated heterocycles. The second kappa shape index (κ2) is 6.50. The summed E-state index contributed by atoms with van der Waals surface area (Å²) >= 11 is 5.98. The number of carbonyl (C=O) groups is 1. The monoisotopic (exact) mass is 327 g/mol. The molecule has 0 radical (unpaired) electrons. The van der Waals surface area contributed by atoms with Crippen molar-refractivity contribution in [3.63, 3.8) is 0 Å². The van der Waals surface area contributed by atoms with Crippen molar-refractivity contribution in [3.05, 3.63) is 59.4 Å². The Morgan fingerprint density at radius 1 is 1.13 bits per heavy atom. The summed E-state index contributed by atoms with van der Waals surface area (Å²) in [5, 5.41) is 7.34. The zero-order chi connectivity index (χ0) is 16.2. The maximum absolute atomic E-state index is 10.8. The molecule has 7 heteroatoms. The van der Waals surface area contributed by atoms with Crippen LogP contribution in [0.1, 0.15) is 5.56 Å². The molecule has 4 N–H and O–H groups in total. The van der Waals surface area contributed by atoms with Crippen LogP contribution in [0.4, 0.5) is 16.3 Å². The average molecular weight is 328 g/mol. The van der Waals surface area contributed by atoms with E-state index in [0.29, 0.717) is 17.3 Å². The Balaban J connectivity index is 1.74. The molecule has 1 aromatic heterocycles. The first kappa shape index (κ1) is 15.1. The Hall–Kier alpha value is -2.86. The summed E-state index contributed by atoms with van der Waals surface area (Å²) < 4.78 is 0. The van der Waals surface area contributed by atoms with Crippen molar-refractivity contribution in [2.24, 2.45) is 5.73 Å². The van der Waals surface area contributed by atoms with Gasteiger partial charge in [-0.2, -0.15) is 0 Å². The van der Waals surface area contributed by atoms with Crippen molar-refractivity contribution >= 4 is 40.0 Å². The lowest BCUT2D eigenvalue weighted by atomic mass is 10.2. The maximum atomic E-state index is 10.8. The number of fused-ring (bicyclic) bond motifs is 1. The summed E-state index contributed by atoms with van der Waals surface area (Å²) in [4.78, 5) is 19.3. The number of hydrogen-bond acceptors (Lipinski definition) is 4. The third-order valence-corrected chi connectivity index (χ3v) is 3.52. The molecule has 0 aliphatic rings. The van der Waals surface area contributed by atoms with Gasteiger partial charge >= 0.3 is 6.03 Å². The minimum Gasteiger partial charge on any atom is -0.365 e. The van der Waals surface area contributed by atoms with Gasteiger partial charge in [-0.15, -0.1) is 0 Å². The van der Waals surface area contributed by atoms with E-state index >= 15 is 0 Å². The quantitative estimate of drug-likeness (QED) is 0.684. The Labute approximate surface area is 137 Å². The Morgan fingerprint density at radius 2 is 1.91 bits per heavy atom. The Morgan fingerprint density at radius 3 is 2.65 bits per heavy atom. The number of aromatic nitrogens is 2. The van der Waals surface area contributed by atoms with Gasteiger partial charge in [0.25, 0.3) is 0 Å². The summed E-state index contributed by atoms with van der Waals surface area (Å²) in [6.07, 6.45) is 1.50. The van der Waals surface area contributed by atoms with Gasteiger partial charge < -0.3 is 16.4 Å². The van der Waals surface area contributed by atoms with E-state index in [4.69, 9.17) is 17.3 Å². The molecule has 0 aliphatic carbocycles. The minimum absolute atomic E-state index is 0.581. The van der Waals surface area contributed by atoms with Crippen molar-refractivity contribution < 1.29 is 4.79 Å². The number of anilines is 2. The maximum Gasteiger partial charge on any atom is 0.316 e. The van der Waals surface area contributed by atoms with Gasteiger partial charge in [0.15, 0.2) is 0 Å². The lowest BCUT2D eigenvalue weighted by Crippen LogP contribution is -2.19. The van der Waals surface area contributed by atoms with E-state index in [1.165, 1.54) is 6.33 Å². The minimum atomic E-state index is -0.581. The molecule has 2 aromatic carbocycles. The van der Waals surface area contributed by atoms with Crippen LogP contribution in [-0.4, -0.2) is 16.0 Å². The molecule has 116 valence electrons. The number of nitrogens with two attached hydrogens (primary N) is 1. The van der Waals surface area contributed by atoms with E-state index in [-0.39, 0.29) is 0 Å². The smallest absolute Gasteiger partial charge is 0.316 e. The first-order valence-electron chi connectivity index (χ1n) is 6.91. The van der Waals surface area contributed by atoms with Gasteiger partial charge in [-0.25, -0.2) is 14.8 Å². The fourth-order valence-electron chi connectivity index (χ4n) is 2.21. The summed E-state index contributed by atoms with van der Waals surface area (Å²) in [7, 11) is 0. The number of urea groups is 1. The van der Waals surface area contributed by atoms with Crippen LogP contribution in [0.3, 0.4) is 0 Å². The molecule has 0 aliphatic heterocycles. The van der Waals surface area contributed by atoms with Crippen molar-refractivity contribution in [1.29, 1.82) is 0 Å². The fourth-order valence-corrected chi connectivity index (χ4v) is 2.37. The van der Waals surface area contributed by atoms with Crippen LogP contribution in [0.25, 0.3) is 10.9 Å². The number of rotatable bonds is 4. The van der Waals surface area contributed by atoms with Crippen molar-refractivity contribution in [3.8, 4) is 0 Å². The standard InChI is InChI=1S/C16H14ClN5O/c17-11-3-6-13-14(7-11)20-9-21-15(13)19-8-10-1-4-12(5-2-10)22-16(18)23/h1-7,9H,8H2,(H3,18,22,23)(H,19,20,21). The SMILES string of the molecule is NC(=O)Nc1ccc(CNc2ncnc3cc(Cl)ccc23)cc1. The molecule has 0 unspecified atom stereocenters. The van der Waals surface area contributed by atoms with Crippen LogP contribution in [0.2, 0.25) is 5.02 Å². The van der Waals surface area contributed by atoms with Crippen LogP contribution in [-0.2, 0) is 6.54 Å². The molecule has 0 saturated carbocycles. The van der Waals surface area contributed by atoms with Gasteiger partial charge in [0.05, 0.1) is 5.52 Å². The van der Waals surface area contributed by atoms with Crippen molar-refractivity contribution in [2.75, 3.05) is 10.6 Å². The predicted octanol–water partition coefficient (Wildman–Crippen LogP) is 3.39. The molecular weight excluding hydrogens is 314 g/mol.